The van der Waals surface area contributed by atoms with Gasteiger partial charge < -0.3 is 5.32 Å². The van der Waals surface area contributed by atoms with E-state index in [0.29, 0.717) is 5.92 Å². The summed E-state index contributed by atoms with van der Waals surface area (Å²) in [6, 6.07) is 5.95. The summed E-state index contributed by atoms with van der Waals surface area (Å²) in [6.45, 7) is 4.18. The van der Waals surface area contributed by atoms with E-state index in [4.69, 9.17) is 23.2 Å². The Bertz CT molecular complexity index is 400. The highest BCUT2D eigenvalue weighted by Gasteiger charge is 2.26. The van der Waals surface area contributed by atoms with Crippen LogP contribution < -0.4 is 5.32 Å². The summed E-state index contributed by atoms with van der Waals surface area (Å²) in [4.78, 5) is 0. The van der Waals surface area contributed by atoms with Crippen LogP contribution in [-0.4, -0.2) is 13.1 Å². The summed E-state index contributed by atoms with van der Waals surface area (Å²) in [6.07, 6.45) is 6.76. The maximum absolute atomic E-state index is 6.41. The van der Waals surface area contributed by atoms with Crippen LogP contribution in [0.1, 0.15) is 50.5 Å². The Morgan fingerprint density at radius 2 is 1.95 bits per heavy atom. The molecule has 1 aliphatic rings. The Labute approximate surface area is 126 Å². The number of hydrogen-bond donors (Lipinski definition) is 1. The van der Waals surface area contributed by atoms with Gasteiger partial charge in [-0.3, -0.25) is 0 Å². The first kappa shape index (κ1) is 15.2. The first-order valence-corrected chi connectivity index (χ1v) is 8.13. The Hall–Kier alpha value is -0.240. The van der Waals surface area contributed by atoms with Crippen molar-refractivity contribution >= 4 is 23.2 Å². The van der Waals surface area contributed by atoms with E-state index in [-0.39, 0.29) is 0 Å². The van der Waals surface area contributed by atoms with Gasteiger partial charge >= 0.3 is 0 Å². The van der Waals surface area contributed by atoms with E-state index in [1.807, 2.05) is 12.1 Å². The molecular weight excluding hydrogens is 277 g/mol. The Kier molecular flexibility index (Phi) is 6.00. The molecule has 1 aromatic rings. The third-order valence-corrected chi connectivity index (χ3v) is 4.76. The summed E-state index contributed by atoms with van der Waals surface area (Å²) in [5.41, 5.74) is 1.26. The van der Waals surface area contributed by atoms with Crippen LogP contribution in [0, 0.1) is 5.92 Å². The van der Waals surface area contributed by atoms with Gasteiger partial charge in [-0.15, -0.1) is 0 Å². The maximum Gasteiger partial charge on any atom is 0.0456 e. The van der Waals surface area contributed by atoms with Crippen LogP contribution in [0.5, 0.6) is 0 Å². The average molecular weight is 300 g/mol. The Balaban J connectivity index is 2.19. The number of halogens is 2. The first-order valence-electron chi connectivity index (χ1n) is 7.38. The van der Waals surface area contributed by atoms with Crippen molar-refractivity contribution in [1.82, 2.24) is 5.32 Å². The molecule has 0 spiro atoms. The molecule has 0 aliphatic heterocycles. The molecular formula is C16H23Cl2N. The van der Waals surface area contributed by atoms with E-state index in [9.17, 15) is 0 Å². The molecule has 0 amide bonds. The molecule has 2 rings (SSSR count). The highest BCUT2D eigenvalue weighted by atomic mass is 35.5. The van der Waals surface area contributed by atoms with E-state index in [1.54, 1.807) is 0 Å². The molecule has 1 atom stereocenters. The monoisotopic (exact) mass is 299 g/mol. The maximum atomic E-state index is 6.41. The van der Waals surface area contributed by atoms with E-state index < -0.39 is 0 Å². The summed E-state index contributed by atoms with van der Waals surface area (Å²) >= 11 is 12.4. The van der Waals surface area contributed by atoms with Crippen LogP contribution in [0.2, 0.25) is 10.0 Å². The van der Waals surface area contributed by atoms with Gasteiger partial charge in [0.25, 0.3) is 0 Å². The Morgan fingerprint density at radius 1 is 1.21 bits per heavy atom. The third kappa shape index (κ3) is 4.11. The zero-order valence-electron chi connectivity index (χ0n) is 11.6. The van der Waals surface area contributed by atoms with Gasteiger partial charge in [-0.05, 0) is 43.0 Å². The molecule has 0 bridgehead atoms. The van der Waals surface area contributed by atoms with Crippen LogP contribution in [0.3, 0.4) is 0 Å². The molecule has 1 unspecified atom stereocenters. The number of nitrogens with one attached hydrogen (secondary N) is 1. The minimum Gasteiger partial charge on any atom is -0.316 e. The van der Waals surface area contributed by atoms with Gasteiger partial charge in [0.1, 0.15) is 0 Å². The van der Waals surface area contributed by atoms with Crippen molar-refractivity contribution in [2.45, 2.75) is 44.9 Å². The minimum atomic E-state index is 0.519. The first-order chi connectivity index (χ1) is 9.22. The molecule has 0 heterocycles. The fourth-order valence-corrected chi connectivity index (χ4v) is 3.72. The second-order valence-corrected chi connectivity index (χ2v) is 6.32. The van der Waals surface area contributed by atoms with Crippen LogP contribution in [0.15, 0.2) is 18.2 Å². The molecule has 106 valence electrons. The smallest absolute Gasteiger partial charge is 0.0456 e. The zero-order chi connectivity index (χ0) is 13.7. The van der Waals surface area contributed by atoms with Gasteiger partial charge in [0.05, 0.1) is 0 Å². The molecule has 1 saturated carbocycles. The molecule has 3 heteroatoms. The SMILES string of the molecule is CCNCC(c1ccc(Cl)cc1Cl)C1CCCCC1. The predicted octanol–water partition coefficient (Wildman–Crippen LogP) is 5.27. The van der Waals surface area contributed by atoms with Crippen molar-refractivity contribution < 1.29 is 0 Å². The number of likely N-dealkylation sites (N-methyl/N-ethyl adjacent to an activating group) is 1. The van der Waals surface area contributed by atoms with Gasteiger partial charge in [0, 0.05) is 22.5 Å². The summed E-state index contributed by atoms with van der Waals surface area (Å²) in [5, 5.41) is 5.04. The molecule has 0 aromatic heterocycles. The van der Waals surface area contributed by atoms with Crippen LogP contribution in [0.4, 0.5) is 0 Å². The van der Waals surface area contributed by atoms with Crippen molar-refractivity contribution in [1.29, 1.82) is 0 Å². The van der Waals surface area contributed by atoms with Gasteiger partial charge in [0.15, 0.2) is 0 Å². The summed E-state index contributed by atoms with van der Waals surface area (Å²) in [7, 11) is 0. The number of hydrogen-bond acceptors (Lipinski definition) is 1. The van der Waals surface area contributed by atoms with E-state index >= 15 is 0 Å². The number of benzene rings is 1. The zero-order valence-corrected chi connectivity index (χ0v) is 13.1. The quantitative estimate of drug-likeness (QED) is 0.781. The lowest BCUT2D eigenvalue weighted by molar-refractivity contribution is 0.298. The Morgan fingerprint density at radius 3 is 2.58 bits per heavy atom. The molecule has 1 N–H and O–H groups in total. The van der Waals surface area contributed by atoms with Crippen molar-refractivity contribution in [3.8, 4) is 0 Å². The van der Waals surface area contributed by atoms with E-state index in [2.05, 4.69) is 18.3 Å². The molecule has 1 fully saturated rings. The molecule has 19 heavy (non-hydrogen) atoms. The topological polar surface area (TPSA) is 12.0 Å². The van der Waals surface area contributed by atoms with Crippen molar-refractivity contribution in [3.05, 3.63) is 33.8 Å². The molecule has 1 aliphatic carbocycles. The second kappa shape index (κ2) is 7.52. The molecule has 0 radical (unpaired) electrons. The third-order valence-electron chi connectivity index (χ3n) is 4.20. The lowest BCUT2D eigenvalue weighted by Crippen LogP contribution is -2.28. The fourth-order valence-electron chi connectivity index (χ4n) is 3.17. The largest absolute Gasteiger partial charge is 0.316 e. The number of rotatable bonds is 5. The summed E-state index contributed by atoms with van der Waals surface area (Å²) in [5.74, 6) is 1.27. The van der Waals surface area contributed by atoms with Gasteiger partial charge in [-0.2, -0.15) is 0 Å². The molecule has 1 nitrogen and oxygen atoms in total. The highest BCUT2D eigenvalue weighted by Crippen LogP contribution is 2.39. The standard InChI is InChI=1S/C16H23Cl2N/c1-2-19-11-15(12-6-4-3-5-7-12)14-9-8-13(17)10-16(14)18/h8-10,12,15,19H,2-7,11H2,1H3. The molecule has 1 aromatic carbocycles. The van der Waals surface area contributed by atoms with Crippen molar-refractivity contribution in [2.75, 3.05) is 13.1 Å². The van der Waals surface area contributed by atoms with Crippen molar-refractivity contribution in [2.24, 2.45) is 5.92 Å². The van der Waals surface area contributed by atoms with Crippen LogP contribution in [-0.2, 0) is 0 Å². The van der Waals surface area contributed by atoms with Crippen LogP contribution >= 0.6 is 23.2 Å². The average Bonchev–Trinajstić information content (AvgIpc) is 2.42. The normalized spacial score (nSPS) is 18.5. The summed E-state index contributed by atoms with van der Waals surface area (Å²) < 4.78 is 0. The lowest BCUT2D eigenvalue weighted by Gasteiger charge is -2.31. The highest BCUT2D eigenvalue weighted by molar-refractivity contribution is 6.35. The lowest BCUT2D eigenvalue weighted by atomic mass is 9.76. The second-order valence-electron chi connectivity index (χ2n) is 5.48. The van der Waals surface area contributed by atoms with E-state index in [0.717, 1.165) is 29.1 Å². The van der Waals surface area contributed by atoms with Crippen LogP contribution in [0.25, 0.3) is 0 Å². The predicted molar refractivity (Wildman–Crippen MR) is 84.3 cm³/mol. The van der Waals surface area contributed by atoms with Gasteiger partial charge in [-0.1, -0.05) is 55.5 Å². The minimum absolute atomic E-state index is 0.519. The van der Waals surface area contributed by atoms with Crippen molar-refractivity contribution in [3.63, 3.8) is 0 Å². The fraction of sp³-hybridized carbons (Fsp3) is 0.625. The van der Waals surface area contributed by atoms with Gasteiger partial charge in [0.2, 0.25) is 0 Å². The molecule has 0 saturated heterocycles. The van der Waals surface area contributed by atoms with E-state index in [1.165, 1.54) is 37.7 Å². The van der Waals surface area contributed by atoms with Gasteiger partial charge in [-0.25, -0.2) is 0 Å².